The molecule has 0 aliphatic heterocycles. The van der Waals surface area contributed by atoms with Crippen LogP contribution >= 0.6 is 0 Å². The number of nitrogens with one attached hydrogen (secondary N) is 2. The number of nitriles is 1. The summed E-state index contributed by atoms with van der Waals surface area (Å²) in [6.45, 7) is 4.19. The number of aliphatic hydroxyl groups is 1. The van der Waals surface area contributed by atoms with Gasteiger partial charge in [0, 0.05) is 23.7 Å². The van der Waals surface area contributed by atoms with Crippen LogP contribution in [0.1, 0.15) is 58.8 Å². The highest BCUT2D eigenvalue weighted by molar-refractivity contribution is 5.63. The van der Waals surface area contributed by atoms with E-state index in [0.29, 0.717) is 23.1 Å². The Labute approximate surface area is 200 Å². The predicted octanol–water partition coefficient (Wildman–Crippen LogP) is 3.83. The van der Waals surface area contributed by atoms with E-state index in [2.05, 4.69) is 38.6 Å². The second-order valence-corrected chi connectivity index (χ2v) is 9.82. The van der Waals surface area contributed by atoms with Gasteiger partial charge in [-0.3, -0.25) is 4.98 Å². The molecule has 2 aromatic heterocycles. The number of ether oxygens (including phenoxy) is 1. The zero-order chi connectivity index (χ0) is 24.1. The summed E-state index contributed by atoms with van der Waals surface area (Å²) < 4.78 is 20.3. The maximum Gasteiger partial charge on any atom is 0.232 e. The average molecular weight is 469 g/mol. The summed E-state index contributed by atoms with van der Waals surface area (Å²) in [7, 11) is 0. The molecule has 9 heteroatoms. The highest BCUT2D eigenvalue weighted by Gasteiger charge is 2.44. The summed E-state index contributed by atoms with van der Waals surface area (Å²) in [5.41, 5.74) is 0.252. The molecule has 2 saturated carbocycles. The molecule has 2 aliphatic carbocycles. The molecule has 4 rings (SSSR count). The average Bonchev–Trinajstić information content (AvgIpc) is 3.60. The highest BCUT2D eigenvalue weighted by Crippen LogP contribution is 2.45. The third-order valence-electron chi connectivity index (χ3n) is 6.62. The van der Waals surface area contributed by atoms with Gasteiger partial charge in [-0.25, -0.2) is 14.4 Å². The van der Waals surface area contributed by atoms with Crippen LogP contribution in [0.3, 0.4) is 0 Å². The molecular formula is C25H33FN6O2. The molecule has 2 aliphatic rings. The largest absolute Gasteiger partial charge is 0.475 e. The molecule has 2 atom stereocenters. The van der Waals surface area contributed by atoms with E-state index in [1.54, 1.807) is 6.07 Å². The van der Waals surface area contributed by atoms with Gasteiger partial charge < -0.3 is 20.5 Å². The minimum Gasteiger partial charge on any atom is -0.475 e. The molecule has 2 fully saturated rings. The van der Waals surface area contributed by atoms with Gasteiger partial charge in [-0.2, -0.15) is 5.26 Å². The van der Waals surface area contributed by atoms with Crippen molar-refractivity contribution in [1.82, 2.24) is 20.3 Å². The third kappa shape index (κ3) is 6.39. The van der Waals surface area contributed by atoms with Crippen molar-refractivity contribution in [2.45, 2.75) is 83.0 Å². The Balaban J connectivity index is 1.35. The van der Waals surface area contributed by atoms with Crippen LogP contribution in [0.2, 0.25) is 0 Å². The van der Waals surface area contributed by atoms with E-state index < -0.39 is 11.2 Å². The first-order valence-corrected chi connectivity index (χ1v) is 12.1. The molecule has 34 heavy (non-hydrogen) atoms. The monoisotopic (exact) mass is 468 g/mol. The normalized spacial score (nSPS) is 22.9. The Hall–Kier alpha value is -2.83. The summed E-state index contributed by atoms with van der Waals surface area (Å²) >= 11 is 0. The van der Waals surface area contributed by atoms with Crippen molar-refractivity contribution in [3.05, 3.63) is 30.5 Å². The van der Waals surface area contributed by atoms with Gasteiger partial charge in [0.2, 0.25) is 5.88 Å². The lowest BCUT2D eigenvalue weighted by Gasteiger charge is -2.32. The lowest BCUT2D eigenvalue weighted by atomic mass is 9.90. The van der Waals surface area contributed by atoms with Crippen LogP contribution in [0.25, 0.3) is 11.3 Å². The standard InChI is InChI=1S/C25H33FN6O2/c1-16(9-17(2)33)30-18-3-5-19(6-4-18)31-23-10-20(21(26)11-29-23)22-12-28-13-24(32-22)34-15-25(14-27)7-8-25/h10-13,16-19,30,33H,3-9,15H2,1-2H3,(H,29,31)/t16-,17?,18?,19?/m1/s1. The molecule has 2 aromatic rings. The topological polar surface area (TPSA) is 116 Å². The molecule has 0 amide bonds. The van der Waals surface area contributed by atoms with Gasteiger partial charge >= 0.3 is 0 Å². The first-order valence-electron chi connectivity index (χ1n) is 12.1. The quantitative estimate of drug-likeness (QED) is 0.482. The molecule has 8 nitrogen and oxygen atoms in total. The number of rotatable bonds is 10. The van der Waals surface area contributed by atoms with Crippen molar-refractivity contribution < 1.29 is 14.2 Å². The fourth-order valence-electron chi connectivity index (χ4n) is 4.51. The Morgan fingerprint density at radius 1 is 1.21 bits per heavy atom. The highest BCUT2D eigenvalue weighted by atomic mass is 19.1. The minimum absolute atomic E-state index is 0.261. The first-order chi connectivity index (χ1) is 16.4. The molecule has 0 aromatic carbocycles. The van der Waals surface area contributed by atoms with Gasteiger partial charge in [-0.05, 0) is 64.9 Å². The van der Waals surface area contributed by atoms with E-state index in [1.807, 2.05) is 6.92 Å². The predicted molar refractivity (Wildman–Crippen MR) is 127 cm³/mol. The van der Waals surface area contributed by atoms with Gasteiger partial charge in [0.15, 0.2) is 5.82 Å². The molecule has 0 bridgehead atoms. The van der Waals surface area contributed by atoms with Crippen molar-refractivity contribution in [1.29, 1.82) is 5.26 Å². The van der Waals surface area contributed by atoms with Gasteiger partial charge in [0.05, 0.1) is 41.9 Å². The minimum atomic E-state index is -0.479. The van der Waals surface area contributed by atoms with Crippen LogP contribution in [-0.4, -0.2) is 50.9 Å². The van der Waals surface area contributed by atoms with Crippen molar-refractivity contribution in [2.24, 2.45) is 5.41 Å². The molecule has 0 radical (unpaired) electrons. The number of hydrogen-bond donors (Lipinski definition) is 3. The summed E-state index contributed by atoms with van der Waals surface area (Å²) in [6.07, 6.45) is 10.3. The van der Waals surface area contributed by atoms with Gasteiger partial charge in [-0.15, -0.1) is 0 Å². The lowest BCUT2D eigenvalue weighted by molar-refractivity contribution is 0.165. The van der Waals surface area contributed by atoms with E-state index in [9.17, 15) is 14.8 Å². The van der Waals surface area contributed by atoms with Crippen LogP contribution in [0.15, 0.2) is 24.7 Å². The number of pyridine rings is 1. The molecule has 0 saturated heterocycles. The second kappa shape index (κ2) is 10.6. The van der Waals surface area contributed by atoms with Crippen LogP contribution in [0.4, 0.5) is 10.2 Å². The number of halogens is 1. The summed E-state index contributed by atoms with van der Waals surface area (Å²) in [5, 5.41) is 25.8. The Bertz CT molecular complexity index is 1010. The number of aliphatic hydroxyl groups excluding tert-OH is 1. The third-order valence-corrected chi connectivity index (χ3v) is 6.62. The maximum atomic E-state index is 14.6. The zero-order valence-corrected chi connectivity index (χ0v) is 19.8. The number of hydrogen-bond acceptors (Lipinski definition) is 8. The van der Waals surface area contributed by atoms with E-state index in [0.717, 1.165) is 44.9 Å². The van der Waals surface area contributed by atoms with Crippen molar-refractivity contribution in [3.63, 3.8) is 0 Å². The molecule has 1 unspecified atom stereocenters. The zero-order valence-electron chi connectivity index (χ0n) is 19.8. The summed E-state index contributed by atoms with van der Waals surface area (Å²) in [6, 6.07) is 4.93. The second-order valence-electron chi connectivity index (χ2n) is 9.82. The number of aromatic nitrogens is 3. The van der Waals surface area contributed by atoms with Gasteiger partial charge in [0.25, 0.3) is 0 Å². The lowest BCUT2D eigenvalue weighted by Crippen LogP contribution is -2.42. The van der Waals surface area contributed by atoms with Crippen molar-refractivity contribution in [3.8, 4) is 23.2 Å². The molecule has 0 spiro atoms. The Morgan fingerprint density at radius 2 is 1.94 bits per heavy atom. The fourth-order valence-corrected chi connectivity index (χ4v) is 4.51. The molecule has 2 heterocycles. The smallest absolute Gasteiger partial charge is 0.232 e. The summed E-state index contributed by atoms with van der Waals surface area (Å²) in [5.74, 6) is 0.401. The summed E-state index contributed by atoms with van der Waals surface area (Å²) in [4.78, 5) is 12.8. The van der Waals surface area contributed by atoms with Crippen molar-refractivity contribution in [2.75, 3.05) is 11.9 Å². The SMILES string of the molecule is CC(O)C[C@@H](C)NC1CCC(Nc2cc(-c3cncc(OCC4(C#N)CC4)n3)c(F)cn2)CC1. The van der Waals surface area contributed by atoms with Gasteiger partial charge in [-0.1, -0.05) is 0 Å². The molecule has 182 valence electrons. The fraction of sp³-hybridized carbons (Fsp3) is 0.600. The Morgan fingerprint density at radius 3 is 2.62 bits per heavy atom. The molecule has 3 N–H and O–H groups in total. The Kier molecular flexibility index (Phi) is 7.59. The van der Waals surface area contributed by atoms with Crippen LogP contribution in [-0.2, 0) is 0 Å². The first kappa shape index (κ1) is 24.3. The number of nitrogens with zero attached hydrogens (tertiary/aromatic N) is 4. The van der Waals surface area contributed by atoms with E-state index in [-0.39, 0.29) is 30.7 Å². The van der Waals surface area contributed by atoms with E-state index in [1.165, 1.54) is 18.6 Å². The van der Waals surface area contributed by atoms with Crippen LogP contribution < -0.4 is 15.4 Å². The molecular weight excluding hydrogens is 435 g/mol. The number of anilines is 1. The van der Waals surface area contributed by atoms with Crippen LogP contribution in [0, 0.1) is 22.6 Å². The van der Waals surface area contributed by atoms with Gasteiger partial charge in [0.1, 0.15) is 12.4 Å². The van der Waals surface area contributed by atoms with E-state index in [4.69, 9.17) is 4.74 Å². The van der Waals surface area contributed by atoms with E-state index >= 15 is 0 Å². The maximum absolute atomic E-state index is 14.6. The van der Waals surface area contributed by atoms with Crippen LogP contribution in [0.5, 0.6) is 5.88 Å². The van der Waals surface area contributed by atoms with Crippen molar-refractivity contribution >= 4 is 5.82 Å².